The molecule has 1 aliphatic heterocycles. The van der Waals surface area contributed by atoms with Gasteiger partial charge >= 0.3 is 12.1 Å². The van der Waals surface area contributed by atoms with Crippen LogP contribution in [0.2, 0.25) is 0 Å². The molecule has 1 aliphatic rings. The van der Waals surface area contributed by atoms with E-state index in [0.717, 1.165) is 11.6 Å². The number of carbonyl (C=O) groups excluding carboxylic acids is 1. The fraction of sp³-hybridized carbons (Fsp3) is 0.364. The van der Waals surface area contributed by atoms with Crippen LogP contribution in [0, 0.1) is 5.82 Å². The summed E-state index contributed by atoms with van der Waals surface area (Å²) in [5.41, 5.74) is 1.18. The summed E-state index contributed by atoms with van der Waals surface area (Å²) in [6.45, 7) is -0.221. The van der Waals surface area contributed by atoms with Crippen molar-refractivity contribution in [2.24, 2.45) is 0 Å². The lowest BCUT2D eigenvalue weighted by Crippen LogP contribution is -2.43. The zero-order valence-electron chi connectivity index (χ0n) is 9.02. The molecule has 0 atom stereocenters. The largest absolute Gasteiger partial charge is 0.471 e. The molecule has 0 radical (unpaired) electrons. The number of hydrogen-bond acceptors (Lipinski definition) is 1. The van der Waals surface area contributed by atoms with Gasteiger partial charge in [0.2, 0.25) is 0 Å². The normalized spacial score (nSPS) is 15.5. The van der Waals surface area contributed by atoms with Crippen molar-refractivity contribution in [3.8, 4) is 0 Å². The highest BCUT2D eigenvalue weighted by Crippen LogP contribution is 2.28. The Hall–Kier alpha value is -1.11. The summed E-state index contributed by atoms with van der Waals surface area (Å²) in [7, 11) is 0. The van der Waals surface area contributed by atoms with Crippen LogP contribution in [0.25, 0.3) is 0 Å². The molecule has 1 heterocycles. The third kappa shape index (κ3) is 2.50. The minimum Gasteiger partial charge on any atom is -0.330 e. The molecule has 18 heavy (non-hydrogen) atoms. The van der Waals surface area contributed by atoms with Gasteiger partial charge in [-0.25, -0.2) is 4.39 Å². The average molecular weight is 326 g/mol. The van der Waals surface area contributed by atoms with Crippen LogP contribution in [0.15, 0.2) is 16.6 Å². The molecular weight excluding hydrogens is 318 g/mol. The maximum atomic E-state index is 13.3. The maximum Gasteiger partial charge on any atom is 0.471 e. The van der Waals surface area contributed by atoms with Crippen molar-refractivity contribution in [1.29, 1.82) is 0 Å². The minimum absolute atomic E-state index is 0.0105. The maximum absolute atomic E-state index is 13.3. The van der Waals surface area contributed by atoms with E-state index in [1.54, 1.807) is 6.07 Å². The SMILES string of the molecule is O=C(N1CCc2cc(Br)c(F)cc2C1)C(F)(F)F. The number of hydrogen-bond donors (Lipinski definition) is 0. The molecule has 0 unspecified atom stereocenters. The van der Waals surface area contributed by atoms with Crippen LogP contribution in [0.1, 0.15) is 11.1 Å². The van der Waals surface area contributed by atoms with Crippen molar-refractivity contribution < 1.29 is 22.4 Å². The molecule has 2 rings (SSSR count). The molecule has 2 nitrogen and oxygen atoms in total. The molecule has 1 aromatic rings. The molecule has 0 bridgehead atoms. The highest BCUT2D eigenvalue weighted by molar-refractivity contribution is 9.10. The van der Waals surface area contributed by atoms with E-state index in [2.05, 4.69) is 15.9 Å². The van der Waals surface area contributed by atoms with E-state index in [1.165, 1.54) is 0 Å². The van der Waals surface area contributed by atoms with Crippen molar-refractivity contribution in [3.63, 3.8) is 0 Å². The van der Waals surface area contributed by atoms with E-state index in [0.29, 0.717) is 10.5 Å². The van der Waals surface area contributed by atoms with E-state index in [4.69, 9.17) is 0 Å². The lowest BCUT2D eigenvalue weighted by Gasteiger charge is -2.29. The van der Waals surface area contributed by atoms with Gasteiger partial charge in [0.1, 0.15) is 5.82 Å². The number of fused-ring (bicyclic) bond motifs is 1. The highest BCUT2D eigenvalue weighted by Gasteiger charge is 2.43. The summed E-state index contributed by atoms with van der Waals surface area (Å²) < 4.78 is 50.4. The predicted octanol–water partition coefficient (Wildman–Crippen LogP) is 3.04. The zero-order valence-corrected chi connectivity index (χ0v) is 10.6. The number of amides is 1. The molecule has 0 aliphatic carbocycles. The van der Waals surface area contributed by atoms with Crippen LogP contribution in [-0.4, -0.2) is 23.5 Å². The molecule has 0 saturated carbocycles. The van der Waals surface area contributed by atoms with Crippen LogP contribution in [0.5, 0.6) is 0 Å². The first kappa shape index (κ1) is 13.3. The summed E-state index contributed by atoms with van der Waals surface area (Å²) in [5, 5.41) is 0. The van der Waals surface area contributed by atoms with Gasteiger partial charge in [0.25, 0.3) is 0 Å². The predicted molar refractivity (Wildman–Crippen MR) is 59.3 cm³/mol. The Kier molecular flexibility index (Phi) is 3.35. The van der Waals surface area contributed by atoms with Crippen molar-refractivity contribution in [1.82, 2.24) is 4.90 Å². The number of alkyl halides is 3. The second kappa shape index (κ2) is 4.53. The zero-order chi connectivity index (χ0) is 13.5. The van der Waals surface area contributed by atoms with Gasteiger partial charge in [-0.3, -0.25) is 4.79 Å². The molecule has 0 N–H and O–H groups in total. The number of nitrogens with zero attached hydrogens (tertiary/aromatic N) is 1. The molecule has 1 amide bonds. The van der Waals surface area contributed by atoms with Gasteiger partial charge in [-0.05, 0) is 45.6 Å². The Morgan fingerprint density at radius 1 is 1.28 bits per heavy atom. The summed E-state index contributed by atoms with van der Waals surface area (Å²) in [5.74, 6) is -2.42. The number of rotatable bonds is 0. The van der Waals surface area contributed by atoms with Crippen LogP contribution in [0.3, 0.4) is 0 Å². The molecule has 0 aromatic heterocycles. The molecule has 0 fully saturated rings. The summed E-state index contributed by atoms with van der Waals surface area (Å²) in [4.78, 5) is 11.8. The van der Waals surface area contributed by atoms with Crippen LogP contribution in [-0.2, 0) is 17.8 Å². The van der Waals surface area contributed by atoms with Gasteiger partial charge in [-0.1, -0.05) is 0 Å². The van der Waals surface area contributed by atoms with Gasteiger partial charge < -0.3 is 4.90 Å². The minimum atomic E-state index is -4.88. The van der Waals surface area contributed by atoms with Crippen molar-refractivity contribution >= 4 is 21.8 Å². The average Bonchev–Trinajstić information content (AvgIpc) is 2.28. The molecule has 7 heteroatoms. The lowest BCUT2D eigenvalue weighted by atomic mass is 9.99. The quantitative estimate of drug-likeness (QED) is 0.671. The standard InChI is InChI=1S/C11H8BrF4NO/c12-8-3-6-1-2-17(10(18)11(14,15)16)5-7(6)4-9(8)13/h3-4H,1-2,5H2. The van der Waals surface area contributed by atoms with Crippen LogP contribution in [0.4, 0.5) is 17.6 Å². The second-order valence-corrected chi connectivity index (χ2v) is 4.86. The first-order valence-electron chi connectivity index (χ1n) is 5.12. The number of carbonyl (C=O) groups is 1. The Morgan fingerprint density at radius 3 is 2.56 bits per heavy atom. The van der Waals surface area contributed by atoms with E-state index in [9.17, 15) is 22.4 Å². The first-order chi connectivity index (χ1) is 8.29. The van der Waals surface area contributed by atoms with Gasteiger partial charge in [0, 0.05) is 13.1 Å². The molecule has 98 valence electrons. The van der Waals surface area contributed by atoms with Gasteiger partial charge in [0.05, 0.1) is 4.47 Å². The van der Waals surface area contributed by atoms with E-state index < -0.39 is 17.9 Å². The third-order valence-corrected chi connectivity index (χ3v) is 3.39. The molecule has 0 spiro atoms. The second-order valence-electron chi connectivity index (χ2n) is 4.01. The van der Waals surface area contributed by atoms with Gasteiger partial charge in [-0.2, -0.15) is 13.2 Å². The first-order valence-corrected chi connectivity index (χ1v) is 5.91. The van der Waals surface area contributed by atoms with Crippen LogP contribution >= 0.6 is 15.9 Å². The summed E-state index contributed by atoms with van der Waals surface area (Å²) >= 11 is 3.01. The van der Waals surface area contributed by atoms with E-state index in [1.807, 2.05) is 0 Å². The smallest absolute Gasteiger partial charge is 0.330 e. The Balaban J connectivity index is 2.25. The highest BCUT2D eigenvalue weighted by atomic mass is 79.9. The van der Waals surface area contributed by atoms with Crippen LogP contribution < -0.4 is 0 Å². The summed E-state index contributed by atoms with van der Waals surface area (Å²) in [6.07, 6.45) is -4.60. The van der Waals surface area contributed by atoms with Gasteiger partial charge in [-0.15, -0.1) is 0 Å². The van der Waals surface area contributed by atoms with E-state index in [-0.39, 0.29) is 24.0 Å². The summed E-state index contributed by atoms with van der Waals surface area (Å²) in [6, 6.07) is 2.70. The lowest BCUT2D eigenvalue weighted by molar-refractivity contribution is -0.186. The number of halogens is 5. The van der Waals surface area contributed by atoms with E-state index >= 15 is 0 Å². The molecule has 1 aromatic carbocycles. The Morgan fingerprint density at radius 2 is 1.94 bits per heavy atom. The Labute approximate surface area is 109 Å². The molecule has 0 saturated heterocycles. The monoisotopic (exact) mass is 325 g/mol. The van der Waals surface area contributed by atoms with Crippen molar-refractivity contribution in [3.05, 3.63) is 33.5 Å². The fourth-order valence-corrected chi connectivity index (χ4v) is 2.29. The van der Waals surface area contributed by atoms with Gasteiger partial charge in [0.15, 0.2) is 0 Å². The Bertz CT molecular complexity index is 501. The topological polar surface area (TPSA) is 20.3 Å². The third-order valence-electron chi connectivity index (χ3n) is 2.78. The number of benzene rings is 1. The van der Waals surface area contributed by atoms with Crippen molar-refractivity contribution in [2.45, 2.75) is 19.1 Å². The molecular formula is C11H8BrF4NO. The van der Waals surface area contributed by atoms with Crippen molar-refractivity contribution in [2.75, 3.05) is 6.54 Å². The fourth-order valence-electron chi connectivity index (χ4n) is 1.90.